The van der Waals surface area contributed by atoms with Gasteiger partial charge >= 0.3 is 0 Å². The van der Waals surface area contributed by atoms with Gasteiger partial charge in [-0.2, -0.15) is 5.26 Å². The van der Waals surface area contributed by atoms with Crippen LogP contribution >= 0.6 is 11.8 Å². The Labute approximate surface area is 151 Å². The summed E-state index contributed by atoms with van der Waals surface area (Å²) in [6.07, 6.45) is 0.829. The maximum atomic E-state index is 12.0. The summed E-state index contributed by atoms with van der Waals surface area (Å²) in [7, 11) is 0. The van der Waals surface area contributed by atoms with Crippen LogP contribution in [-0.4, -0.2) is 23.2 Å². The Hall–Kier alpha value is -2.52. The zero-order valence-electron chi connectivity index (χ0n) is 14.4. The number of aryl methyl sites for hydroxylation is 1. The van der Waals surface area contributed by atoms with Gasteiger partial charge in [-0.1, -0.05) is 18.2 Å². The highest BCUT2D eigenvalue weighted by Gasteiger charge is 2.13. The van der Waals surface area contributed by atoms with Crippen molar-refractivity contribution in [3.63, 3.8) is 0 Å². The summed E-state index contributed by atoms with van der Waals surface area (Å²) in [5, 5.41) is 12.0. The third-order valence-electron chi connectivity index (χ3n) is 3.96. The van der Waals surface area contributed by atoms with Crippen LogP contribution in [0.5, 0.6) is 0 Å². The zero-order valence-corrected chi connectivity index (χ0v) is 15.2. The minimum absolute atomic E-state index is 0.0304. The van der Waals surface area contributed by atoms with Crippen LogP contribution < -0.4 is 10.9 Å². The topological polar surface area (TPSA) is 85.8 Å². The molecular weight excluding hydrogens is 334 g/mol. The van der Waals surface area contributed by atoms with Crippen molar-refractivity contribution in [1.82, 2.24) is 10.3 Å². The molecular formula is C19H21N3O2S. The summed E-state index contributed by atoms with van der Waals surface area (Å²) >= 11 is 1.70. The van der Waals surface area contributed by atoms with Crippen LogP contribution in [0, 0.1) is 25.2 Å². The maximum Gasteiger partial charge on any atom is 0.266 e. The molecule has 5 nitrogen and oxygen atoms in total. The standard InChI is InChI=1S/C19H21N3O2S/c1-13-16(14(2)22-19(24)17(13)12-20)8-9-18(23)21-10-11-25-15-6-4-3-5-7-15/h3-7H,8-11H2,1-2H3,(H,21,23)(H,22,24). The molecule has 0 saturated carbocycles. The highest BCUT2D eigenvalue weighted by atomic mass is 32.2. The van der Waals surface area contributed by atoms with Crippen LogP contribution in [0.1, 0.15) is 28.8 Å². The molecule has 0 spiro atoms. The minimum Gasteiger partial charge on any atom is -0.355 e. The zero-order chi connectivity index (χ0) is 18.2. The van der Waals surface area contributed by atoms with Crippen LogP contribution in [0.25, 0.3) is 0 Å². The molecule has 2 rings (SSSR count). The SMILES string of the molecule is Cc1[nH]c(=O)c(C#N)c(C)c1CCC(=O)NCCSc1ccccc1. The normalized spacial score (nSPS) is 10.3. The lowest BCUT2D eigenvalue weighted by Gasteiger charge is -2.11. The number of carbonyl (C=O) groups excluding carboxylic acids is 1. The molecule has 6 heteroatoms. The molecule has 1 amide bonds. The van der Waals surface area contributed by atoms with Gasteiger partial charge in [-0.25, -0.2) is 0 Å². The number of hydrogen-bond donors (Lipinski definition) is 2. The lowest BCUT2D eigenvalue weighted by Crippen LogP contribution is -2.26. The monoisotopic (exact) mass is 355 g/mol. The van der Waals surface area contributed by atoms with Crippen molar-refractivity contribution >= 4 is 17.7 Å². The average Bonchev–Trinajstić information content (AvgIpc) is 2.59. The van der Waals surface area contributed by atoms with Crippen molar-refractivity contribution in [2.45, 2.75) is 31.6 Å². The molecule has 0 aliphatic carbocycles. The van der Waals surface area contributed by atoms with E-state index in [1.807, 2.05) is 36.4 Å². The van der Waals surface area contributed by atoms with Crippen LogP contribution in [0.3, 0.4) is 0 Å². The summed E-state index contributed by atoms with van der Waals surface area (Å²) in [6, 6.07) is 12.0. The summed E-state index contributed by atoms with van der Waals surface area (Å²) in [6.45, 7) is 4.15. The van der Waals surface area contributed by atoms with E-state index in [4.69, 9.17) is 5.26 Å². The molecule has 0 fully saturated rings. The molecule has 130 valence electrons. The molecule has 0 aliphatic heterocycles. The molecule has 0 radical (unpaired) electrons. The van der Waals surface area contributed by atoms with Crippen LogP contribution in [0.2, 0.25) is 0 Å². The first-order valence-corrected chi connectivity index (χ1v) is 9.08. The third kappa shape index (κ3) is 5.23. The number of nitriles is 1. The number of pyridine rings is 1. The Bertz CT molecular complexity index is 838. The third-order valence-corrected chi connectivity index (χ3v) is 4.97. The highest BCUT2D eigenvalue weighted by molar-refractivity contribution is 7.99. The fourth-order valence-electron chi connectivity index (χ4n) is 2.62. The fraction of sp³-hybridized carbons (Fsp3) is 0.316. The highest BCUT2D eigenvalue weighted by Crippen LogP contribution is 2.16. The van der Waals surface area contributed by atoms with E-state index in [0.717, 1.165) is 11.3 Å². The summed E-state index contributed by atoms with van der Waals surface area (Å²) < 4.78 is 0. The number of thioether (sulfide) groups is 1. The van der Waals surface area contributed by atoms with Gasteiger partial charge < -0.3 is 10.3 Å². The number of hydrogen-bond acceptors (Lipinski definition) is 4. The van der Waals surface area contributed by atoms with E-state index in [1.165, 1.54) is 4.90 Å². The molecule has 2 aromatic rings. The second kappa shape index (κ2) is 9.09. The number of amides is 1. The van der Waals surface area contributed by atoms with E-state index >= 15 is 0 Å². The molecule has 0 aliphatic rings. The largest absolute Gasteiger partial charge is 0.355 e. The van der Waals surface area contributed by atoms with Crippen molar-refractivity contribution in [3.8, 4) is 6.07 Å². The molecule has 25 heavy (non-hydrogen) atoms. The van der Waals surface area contributed by atoms with E-state index in [-0.39, 0.29) is 17.0 Å². The number of aromatic amines is 1. The van der Waals surface area contributed by atoms with Crippen molar-refractivity contribution in [2.24, 2.45) is 0 Å². The van der Waals surface area contributed by atoms with Crippen molar-refractivity contribution < 1.29 is 4.79 Å². The number of benzene rings is 1. The Kier molecular flexibility index (Phi) is 6.84. The Balaban J connectivity index is 1.82. The Morgan fingerprint density at radius 3 is 2.68 bits per heavy atom. The fourth-order valence-corrected chi connectivity index (χ4v) is 3.41. The van der Waals surface area contributed by atoms with Gasteiger partial charge in [0.25, 0.3) is 5.56 Å². The number of nitrogens with zero attached hydrogens (tertiary/aromatic N) is 1. The van der Waals surface area contributed by atoms with Gasteiger partial charge in [0.2, 0.25) is 5.91 Å². The van der Waals surface area contributed by atoms with Crippen LogP contribution in [0.15, 0.2) is 40.0 Å². The Morgan fingerprint density at radius 1 is 1.28 bits per heavy atom. The molecule has 2 N–H and O–H groups in total. The van der Waals surface area contributed by atoms with E-state index in [9.17, 15) is 9.59 Å². The Morgan fingerprint density at radius 2 is 2.00 bits per heavy atom. The van der Waals surface area contributed by atoms with Gasteiger partial charge in [0, 0.05) is 29.3 Å². The van der Waals surface area contributed by atoms with Gasteiger partial charge in [-0.05, 0) is 43.5 Å². The van der Waals surface area contributed by atoms with E-state index in [1.54, 1.807) is 25.6 Å². The molecule has 1 aromatic carbocycles. The second-order valence-electron chi connectivity index (χ2n) is 5.68. The van der Waals surface area contributed by atoms with Crippen molar-refractivity contribution in [3.05, 3.63) is 63.1 Å². The van der Waals surface area contributed by atoms with E-state index < -0.39 is 0 Å². The first-order chi connectivity index (χ1) is 12.0. The van der Waals surface area contributed by atoms with Gasteiger partial charge in [0.15, 0.2) is 0 Å². The van der Waals surface area contributed by atoms with Crippen molar-refractivity contribution in [1.29, 1.82) is 5.26 Å². The van der Waals surface area contributed by atoms with Gasteiger partial charge in [-0.15, -0.1) is 11.8 Å². The summed E-state index contributed by atoms with van der Waals surface area (Å²) in [5.41, 5.74) is 2.00. The first kappa shape index (κ1) is 18.8. The predicted octanol–water partition coefficient (Wildman–Crippen LogP) is 2.70. The van der Waals surface area contributed by atoms with Gasteiger partial charge in [0.1, 0.15) is 11.6 Å². The quantitative estimate of drug-likeness (QED) is 0.591. The summed E-state index contributed by atoms with van der Waals surface area (Å²) in [4.78, 5) is 27.6. The number of aromatic nitrogens is 1. The number of rotatable bonds is 7. The van der Waals surface area contributed by atoms with E-state index in [0.29, 0.717) is 30.6 Å². The first-order valence-electron chi connectivity index (χ1n) is 8.10. The molecule has 0 unspecified atom stereocenters. The van der Waals surface area contributed by atoms with Crippen molar-refractivity contribution in [2.75, 3.05) is 12.3 Å². The molecule has 0 saturated heterocycles. The minimum atomic E-state index is -0.372. The smallest absolute Gasteiger partial charge is 0.266 e. The van der Waals surface area contributed by atoms with Gasteiger partial charge in [-0.3, -0.25) is 9.59 Å². The second-order valence-corrected chi connectivity index (χ2v) is 6.85. The molecule has 0 bridgehead atoms. The van der Waals surface area contributed by atoms with Crippen LogP contribution in [-0.2, 0) is 11.2 Å². The lowest BCUT2D eigenvalue weighted by molar-refractivity contribution is -0.120. The van der Waals surface area contributed by atoms with Crippen LogP contribution in [0.4, 0.5) is 0 Å². The number of carbonyl (C=O) groups is 1. The maximum absolute atomic E-state index is 12.0. The molecule has 1 heterocycles. The average molecular weight is 355 g/mol. The molecule has 0 atom stereocenters. The number of nitrogens with one attached hydrogen (secondary N) is 2. The molecule has 1 aromatic heterocycles. The summed E-state index contributed by atoms with van der Waals surface area (Å²) in [5.74, 6) is 0.780. The van der Waals surface area contributed by atoms with E-state index in [2.05, 4.69) is 10.3 Å². The predicted molar refractivity (Wildman–Crippen MR) is 99.7 cm³/mol. The number of H-pyrrole nitrogens is 1. The lowest BCUT2D eigenvalue weighted by atomic mass is 9.99. The van der Waals surface area contributed by atoms with Gasteiger partial charge in [0.05, 0.1) is 0 Å².